The Morgan fingerprint density at radius 1 is 1.37 bits per heavy atom. The molecule has 0 bridgehead atoms. The maximum Gasteiger partial charge on any atom is 0.269 e. The summed E-state index contributed by atoms with van der Waals surface area (Å²) in [6.45, 7) is 0. The van der Waals surface area contributed by atoms with Crippen LogP contribution in [0.25, 0.3) is 0 Å². The predicted molar refractivity (Wildman–Crippen MR) is 82.3 cm³/mol. The van der Waals surface area contributed by atoms with Crippen molar-refractivity contribution >= 4 is 57.6 Å². The summed E-state index contributed by atoms with van der Waals surface area (Å²) in [5.41, 5.74) is 6.59. The van der Waals surface area contributed by atoms with Crippen molar-refractivity contribution in [2.75, 3.05) is 0 Å². The predicted octanol–water partition coefficient (Wildman–Crippen LogP) is 3.59. The summed E-state index contributed by atoms with van der Waals surface area (Å²) in [5.74, 6) is 0. The van der Waals surface area contributed by atoms with Gasteiger partial charge in [-0.2, -0.15) is 0 Å². The van der Waals surface area contributed by atoms with Crippen LogP contribution >= 0.6 is 47.0 Å². The largest absolute Gasteiger partial charge is 0.324 e. The van der Waals surface area contributed by atoms with E-state index in [0.29, 0.717) is 17.7 Å². The highest BCUT2D eigenvalue weighted by atomic mass is 35.6. The van der Waals surface area contributed by atoms with Crippen LogP contribution in [-0.2, 0) is 6.42 Å². The van der Waals surface area contributed by atoms with E-state index in [1.165, 1.54) is 12.1 Å². The van der Waals surface area contributed by atoms with E-state index >= 15 is 0 Å². The molecule has 0 aliphatic heterocycles. The van der Waals surface area contributed by atoms with Gasteiger partial charge in [0, 0.05) is 18.6 Å². The second-order valence-corrected chi connectivity index (χ2v) is 6.94. The van der Waals surface area contributed by atoms with Crippen LogP contribution in [0, 0.1) is 10.1 Å². The zero-order valence-electron chi connectivity index (χ0n) is 9.68. The second-order valence-electron chi connectivity index (χ2n) is 3.99. The molecule has 0 saturated carbocycles. The Morgan fingerprint density at radius 2 is 1.89 bits per heavy atom. The molecule has 4 nitrogen and oxygen atoms in total. The van der Waals surface area contributed by atoms with E-state index in [9.17, 15) is 10.1 Å². The van der Waals surface area contributed by atoms with Crippen molar-refractivity contribution in [3.63, 3.8) is 0 Å². The first-order valence-electron chi connectivity index (χ1n) is 5.27. The number of halogens is 3. The molecule has 104 valence electrons. The first-order valence-corrected chi connectivity index (χ1v) is 6.81. The summed E-state index contributed by atoms with van der Waals surface area (Å²) >= 11 is 22.1. The van der Waals surface area contributed by atoms with E-state index in [-0.39, 0.29) is 5.69 Å². The Labute approximate surface area is 131 Å². The lowest BCUT2D eigenvalue weighted by atomic mass is 10.1. The Kier molecular flexibility index (Phi) is 5.95. The average molecular weight is 342 g/mol. The van der Waals surface area contributed by atoms with Gasteiger partial charge in [-0.15, -0.1) is 0 Å². The van der Waals surface area contributed by atoms with Crippen molar-refractivity contribution in [1.29, 1.82) is 0 Å². The third-order valence-electron chi connectivity index (χ3n) is 2.42. The SMILES string of the molecule is NC(CC(=S)Cc1ccc([N+](=O)[O-])cc1)C(Cl)(Cl)Cl. The number of alkyl halides is 3. The number of nitro groups is 1. The lowest BCUT2D eigenvalue weighted by Gasteiger charge is -2.20. The minimum Gasteiger partial charge on any atom is -0.324 e. The highest BCUT2D eigenvalue weighted by Gasteiger charge is 2.29. The number of nitrogens with two attached hydrogens (primary N) is 1. The van der Waals surface area contributed by atoms with Gasteiger partial charge >= 0.3 is 0 Å². The van der Waals surface area contributed by atoms with Crippen molar-refractivity contribution in [1.82, 2.24) is 0 Å². The molecule has 0 saturated heterocycles. The number of hydrogen-bond acceptors (Lipinski definition) is 4. The van der Waals surface area contributed by atoms with Crippen molar-refractivity contribution in [2.24, 2.45) is 5.73 Å². The van der Waals surface area contributed by atoms with Gasteiger partial charge in [0.2, 0.25) is 3.79 Å². The molecule has 19 heavy (non-hydrogen) atoms. The molecular weight excluding hydrogens is 331 g/mol. The quantitative estimate of drug-likeness (QED) is 0.384. The molecule has 0 spiro atoms. The zero-order valence-corrected chi connectivity index (χ0v) is 12.8. The fourth-order valence-electron chi connectivity index (χ4n) is 1.40. The van der Waals surface area contributed by atoms with E-state index < -0.39 is 14.8 Å². The minimum atomic E-state index is -1.56. The van der Waals surface area contributed by atoms with Crippen molar-refractivity contribution in [2.45, 2.75) is 22.7 Å². The van der Waals surface area contributed by atoms with E-state index in [2.05, 4.69) is 0 Å². The Morgan fingerprint density at radius 3 is 2.32 bits per heavy atom. The van der Waals surface area contributed by atoms with Crippen LogP contribution in [-0.4, -0.2) is 19.6 Å². The van der Waals surface area contributed by atoms with Crippen LogP contribution in [0.15, 0.2) is 24.3 Å². The molecule has 1 aromatic carbocycles. The molecule has 0 heterocycles. The average Bonchev–Trinajstić information content (AvgIpc) is 2.28. The highest BCUT2D eigenvalue weighted by molar-refractivity contribution is 7.80. The standard InChI is InChI=1S/C11H11Cl3N2O2S/c12-11(13,14)10(15)6-9(19)5-7-1-3-8(4-2-7)16(17)18/h1-4,10H,5-6,15H2. The smallest absolute Gasteiger partial charge is 0.269 e. The van der Waals surface area contributed by atoms with Gasteiger partial charge in [-0.3, -0.25) is 10.1 Å². The summed E-state index contributed by atoms with van der Waals surface area (Å²) in [6, 6.07) is 5.46. The summed E-state index contributed by atoms with van der Waals surface area (Å²) < 4.78 is -1.56. The van der Waals surface area contributed by atoms with Crippen LogP contribution in [0.4, 0.5) is 5.69 Å². The number of non-ortho nitro benzene ring substituents is 1. The highest BCUT2D eigenvalue weighted by Crippen LogP contribution is 2.31. The topological polar surface area (TPSA) is 69.2 Å². The van der Waals surface area contributed by atoms with E-state index in [1.807, 2.05) is 0 Å². The molecule has 0 aliphatic rings. The van der Waals surface area contributed by atoms with Gasteiger partial charge in [0.1, 0.15) is 0 Å². The molecule has 0 aliphatic carbocycles. The maximum atomic E-state index is 10.5. The van der Waals surface area contributed by atoms with Gasteiger partial charge in [0.15, 0.2) is 0 Å². The lowest BCUT2D eigenvalue weighted by Crippen LogP contribution is -2.36. The Bertz CT molecular complexity index is 474. The third kappa shape index (κ3) is 5.58. The fraction of sp³-hybridized carbons (Fsp3) is 0.364. The Hall–Kier alpha value is -0.460. The number of nitro benzene ring substituents is 1. The van der Waals surface area contributed by atoms with Crippen LogP contribution in [0.2, 0.25) is 0 Å². The fourth-order valence-corrected chi connectivity index (χ4v) is 1.97. The van der Waals surface area contributed by atoms with E-state index in [4.69, 9.17) is 52.8 Å². The molecule has 8 heteroatoms. The van der Waals surface area contributed by atoms with Gasteiger partial charge < -0.3 is 5.73 Å². The van der Waals surface area contributed by atoms with Crippen molar-refractivity contribution in [3.8, 4) is 0 Å². The zero-order chi connectivity index (χ0) is 14.6. The van der Waals surface area contributed by atoms with Gasteiger partial charge in [-0.05, 0) is 16.8 Å². The summed E-state index contributed by atoms with van der Waals surface area (Å²) in [4.78, 5) is 10.7. The van der Waals surface area contributed by atoms with E-state index in [0.717, 1.165) is 5.56 Å². The number of hydrogen-bond donors (Lipinski definition) is 1. The number of benzene rings is 1. The number of thiocarbonyl (C=S) groups is 1. The molecule has 1 aromatic rings. The summed E-state index contributed by atoms with van der Waals surface area (Å²) in [5, 5.41) is 10.5. The first kappa shape index (κ1) is 16.6. The normalized spacial score (nSPS) is 13.1. The van der Waals surface area contributed by atoms with Gasteiger partial charge in [-0.25, -0.2) is 0 Å². The molecule has 0 radical (unpaired) electrons. The van der Waals surface area contributed by atoms with Crippen molar-refractivity contribution < 1.29 is 4.92 Å². The molecular formula is C11H11Cl3N2O2S. The van der Waals surface area contributed by atoms with Gasteiger partial charge in [-0.1, -0.05) is 59.2 Å². The number of nitrogens with zero attached hydrogens (tertiary/aromatic N) is 1. The minimum absolute atomic E-state index is 0.0349. The third-order valence-corrected chi connectivity index (χ3v) is 3.57. The molecule has 0 aromatic heterocycles. The lowest BCUT2D eigenvalue weighted by molar-refractivity contribution is -0.384. The van der Waals surface area contributed by atoms with Crippen LogP contribution < -0.4 is 5.73 Å². The molecule has 0 fully saturated rings. The Balaban J connectivity index is 2.60. The molecule has 1 atom stereocenters. The maximum absolute atomic E-state index is 10.5. The summed E-state index contributed by atoms with van der Waals surface area (Å²) in [7, 11) is 0. The number of rotatable bonds is 5. The first-order chi connectivity index (χ1) is 8.70. The second kappa shape index (κ2) is 6.81. The van der Waals surface area contributed by atoms with Crippen LogP contribution in [0.3, 0.4) is 0 Å². The van der Waals surface area contributed by atoms with Gasteiger partial charge in [0.05, 0.1) is 11.0 Å². The molecule has 1 unspecified atom stereocenters. The van der Waals surface area contributed by atoms with Crippen LogP contribution in [0.5, 0.6) is 0 Å². The van der Waals surface area contributed by atoms with Gasteiger partial charge in [0.25, 0.3) is 5.69 Å². The molecule has 1 rings (SSSR count). The molecule has 2 N–H and O–H groups in total. The summed E-state index contributed by atoms with van der Waals surface area (Å²) in [6.07, 6.45) is 0.755. The monoisotopic (exact) mass is 340 g/mol. The molecule has 0 amide bonds. The van der Waals surface area contributed by atoms with Crippen LogP contribution in [0.1, 0.15) is 12.0 Å². The van der Waals surface area contributed by atoms with E-state index in [1.54, 1.807) is 12.1 Å². The van der Waals surface area contributed by atoms with Crippen molar-refractivity contribution in [3.05, 3.63) is 39.9 Å².